The third kappa shape index (κ3) is 8.66. The van der Waals surface area contributed by atoms with Crippen LogP contribution in [0.25, 0.3) is 0 Å². The van der Waals surface area contributed by atoms with Gasteiger partial charge in [-0.25, -0.2) is 9.59 Å². The number of carboxylic acids is 1. The Morgan fingerprint density at radius 2 is 2.00 bits per heavy atom. The van der Waals surface area contributed by atoms with Crippen molar-refractivity contribution in [2.75, 3.05) is 18.6 Å². The number of urea groups is 1. The Bertz CT molecular complexity index is 273. The van der Waals surface area contributed by atoms with Crippen molar-refractivity contribution in [3.05, 3.63) is 0 Å². The van der Waals surface area contributed by atoms with Crippen LogP contribution in [0.15, 0.2) is 0 Å². The van der Waals surface area contributed by atoms with Gasteiger partial charge in [0.2, 0.25) is 0 Å². The van der Waals surface area contributed by atoms with Crippen LogP contribution in [0, 0.1) is 0 Å². The van der Waals surface area contributed by atoms with Gasteiger partial charge in [-0.05, 0) is 18.4 Å². The summed E-state index contributed by atoms with van der Waals surface area (Å²) in [4.78, 5) is 21.6. The Balaban J connectivity index is 4.08. The van der Waals surface area contributed by atoms with Gasteiger partial charge in [-0.1, -0.05) is 0 Å². The standard InChI is InChI=1S/C8H13F3N2O3S/c1-17-3-2-5(6(14)15)13-7(16)12-4-8(9,10)11/h5H,2-4H2,1H3,(H,14,15)(H2,12,13,16)/t5-/m0/s1. The fourth-order valence-corrected chi connectivity index (χ4v) is 1.35. The minimum absolute atomic E-state index is 0.149. The molecule has 0 aliphatic carbocycles. The summed E-state index contributed by atoms with van der Waals surface area (Å²) in [5.41, 5.74) is 0. The molecule has 0 saturated carbocycles. The maximum absolute atomic E-state index is 11.8. The quantitative estimate of drug-likeness (QED) is 0.676. The number of thioether (sulfide) groups is 1. The molecule has 1 atom stereocenters. The van der Waals surface area contributed by atoms with E-state index in [1.807, 2.05) is 5.32 Å². The number of alkyl halides is 3. The van der Waals surface area contributed by atoms with Gasteiger partial charge < -0.3 is 15.7 Å². The van der Waals surface area contributed by atoms with E-state index in [0.29, 0.717) is 5.75 Å². The number of hydrogen-bond acceptors (Lipinski definition) is 3. The fraction of sp³-hybridized carbons (Fsp3) is 0.750. The van der Waals surface area contributed by atoms with Gasteiger partial charge in [0.05, 0.1) is 0 Å². The van der Waals surface area contributed by atoms with Crippen molar-refractivity contribution in [1.82, 2.24) is 10.6 Å². The molecule has 0 aromatic heterocycles. The van der Waals surface area contributed by atoms with E-state index in [2.05, 4.69) is 0 Å². The van der Waals surface area contributed by atoms with Gasteiger partial charge in [0, 0.05) is 0 Å². The molecule has 0 aliphatic rings. The average Bonchev–Trinajstić information content (AvgIpc) is 2.19. The molecule has 0 bridgehead atoms. The first kappa shape index (κ1) is 15.9. The van der Waals surface area contributed by atoms with Crippen LogP contribution < -0.4 is 10.6 Å². The number of rotatable bonds is 6. The number of halogens is 3. The van der Waals surface area contributed by atoms with Gasteiger partial charge in [-0.3, -0.25) is 0 Å². The van der Waals surface area contributed by atoms with Crippen molar-refractivity contribution < 1.29 is 27.9 Å². The van der Waals surface area contributed by atoms with Crippen LogP contribution in [0.3, 0.4) is 0 Å². The molecule has 0 radical (unpaired) electrons. The molecule has 100 valence electrons. The highest BCUT2D eigenvalue weighted by atomic mass is 32.2. The second kappa shape index (κ2) is 7.25. The molecule has 0 fully saturated rings. The third-order valence-electron chi connectivity index (χ3n) is 1.66. The fourth-order valence-electron chi connectivity index (χ4n) is 0.883. The Labute approximate surface area is 100 Å². The minimum atomic E-state index is -4.52. The number of amides is 2. The molecular weight excluding hydrogens is 261 g/mol. The van der Waals surface area contributed by atoms with Gasteiger partial charge >= 0.3 is 18.2 Å². The zero-order valence-corrected chi connectivity index (χ0v) is 9.82. The normalized spacial score (nSPS) is 12.9. The molecule has 0 aromatic rings. The predicted octanol–water partition coefficient (Wildman–Crippen LogP) is 1.05. The van der Waals surface area contributed by atoms with Crippen LogP contribution in [0.4, 0.5) is 18.0 Å². The van der Waals surface area contributed by atoms with E-state index >= 15 is 0 Å². The van der Waals surface area contributed by atoms with Crippen LogP contribution in [0.2, 0.25) is 0 Å². The molecule has 0 aliphatic heterocycles. The van der Waals surface area contributed by atoms with Gasteiger partial charge in [0.15, 0.2) is 0 Å². The first-order chi connectivity index (χ1) is 7.76. The van der Waals surface area contributed by atoms with Crippen molar-refractivity contribution in [2.24, 2.45) is 0 Å². The summed E-state index contributed by atoms with van der Waals surface area (Å²) in [7, 11) is 0. The third-order valence-corrected chi connectivity index (χ3v) is 2.31. The Hall–Kier alpha value is -1.12. The predicted molar refractivity (Wildman–Crippen MR) is 57.0 cm³/mol. The zero-order valence-electron chi connectivity index (χ0n) is 9.00. The van der Waals surface area contributed by atoms with E-state index in [-0.39, 0.29) is 6.42 Å². The molecule has 9 heteroatoms. The highest BCUT2D eigenvalue weighted by molar-refractivity contribution is 7.98. The number of hydrogen-bond donors (Lipinski definition) is 3. The van der Waals surface area contributed by atoms with E-state index in [9.17, 15) is 22.8 Å². The van der Waals surface area contributed by atoms with Crippen LogP contribution in [-0.2, 0) is 4.79 Å². The summed E-state index contributed by atoms with van der Waals surface area (Å²) < 4.78 is 35.3. The molecule has 0 unspecified atom stereocenters. The van der Waals surface area contributed by atoms with Crippen LogP contribution >= 0.6 is 11.8 Å². The molecule has 5 nitrogen and oxygen atoms in total. The highest BCUT2D eigenvalue weighted by Gasteiger charge is 2.28. The second-order valence-electron chi connectivity index (χ2n) is 3.11. The summed E-state index contributed by atoms with van der Waals surface area (Å²) in [6.45, 7) is -1.49. The van der Waals surface area contributed by atoms with Crippen molar-refractivity contribution >= 4 is 23.8 Å². The van der Waals surface area contributed by atoms with Gasteiger partial charge in [0.25, 0.3) is 0 Å². The van der Waals surface area contributed by atoms with E-state index in [4.69, 9.17) is 5.11 Å². The topological polar surface area (TPSA) is 78.4 Å². The average molecular weight is 274 g/mol. The molecule has 2 amide bonds. The lowest BCUT2D eigenvalue weighted by atomic mass is 10.2. The lowest BCUT2D eigenvalue weighted by molar-refractivity contribution is -0.139. The number of nitrogens with one attached hydrogen (secondary N) is 2. The molecule has 3 N–H and O–H groups in total. The highest BCUT2D eigenvalue weighted by Crippen LogP contribution is 2.12. The Kier molecular flexibility index (Phi) is 6.78. The van der Waals surface area contributed by atoms with E-state index in [1.54, 1.807) is 6.26 Å². The molecular formula is C8H13F3N2O3S. The summed E-state index contributed by atoms with van der Waals surface area (Å²) in [5.74, 6) is -0.794. The maximum atomic E-state index is 11.8. The first-order valence-electron chi connectivity index (χ1n) is 4.59. The van der Waals surface area contributed by atoms with E-state index in [0.717, 1.165) is 0 Å². The smallest absolute Gasteiger partial charge is 0.405 e. The van der Waals surface area contributed by atoms with Crippen molar-refractivity contribution in [2.45, 2.75) is 18.6 Å². The summed E-state index contributed by atoms with van der Waals surface area (Å²) in [5, 5.41) is 12.2. The number of carboxylic acid groups (broad SMARTS) is 1. The lowest BCUT2D eigenvalue weighted by Crippen LogP contribution is -2.48. The number of aliphatic carboxylic acids is 1. The second-order valence-corrected chi connectivity index (χ2v) is 4.10. The molecule has 0 rings (SSSR count). The van der Waals surface area contributed by atoms with Gasteiger partial charge in [0.1, 0.15) is 12.6 Å². The minimum Gasteiger partial charge on any atom is -0.480 e. The summed E-state index contributed by atoms with van der Waals surface area (Å²) >= 11 is 1.38. The molecule has 0 aromatic carbocycles. The number of carbonyl (C=O) groups excluding carboxylic acids is 1. The van der Waals surface area contributed by atoms with Crippen molar-refractivity contribution in [3.8, 4) is 0 Å². The molecule has 17 heavy (non-hydrogen) atoms. The van der Waals surface area contributed by atoms with E-state index < -0.39 is 30.8 Å². The monoisotopic (exact) mass is 274 g/mol. The summed E-state index contributed by atoms with van der Waals surface area (Å²) in [6, 6.07) is -2.33. The molecule has 0 heterocycles. The zero-order chi connectivity index (χ0) is 13.5. The van der Waals surface area contributed by atoms with Gasteiger partial charge in [-0.2, -0.15) is 24.9 Å². The summed E-state index contributed by atoms with van der Waals surface area (Å²) in [6.07, 6.45) is -2.62. The van der Waals surface area contributed by atoms with E-state index in [1.165, 1.54) is 17.1 Å². The molecule has 0 spiro atoms. The van der Waals surface area contributed by atoms with Crippen LogP contribution in [-0.4, -0.2) is 47.9 Å². The van der Waals surface area contributed by atoms with Gasteiger partial charge in [-0.15, -0.1) is 0 Å². The molecule has 0 saturated heterocycles. The first-order valence-corrected chi connectivity index (χ1v) is 5.98. The Morgan fingerprint density at radius 3 is 2.41 bits per heavy atom. The number of carbonyl (C=O) groups is 2. The largest absolute Gasteiger partial charge is 0.480 e. The van der Waals surface area contributed by atoms with Crippen molar-refractivity contribution in [1.29, 1.82) is 0 Å². The Morgan fingerprint density at radius 1 is 1.41 bits per heavy atom. The van der Waals surface area contributed by atoms with Crippen LogP contribution in [0.5, 0.6) is 0 Å². The maximum Gasteiger partial charge on any atom is 0.405 e. The lowest BCUT2D eigenvalue weighted by Gasteiger charge is -2.15. The SMILES string of the molecule is CSCC[C@H](NC(=O)NCC(F)(F)F)C(=O)O. The van der Waals surface area contributed by atoms with Crippen molar-refractivity contribution in [3.63, 3.8) is 0 Å². The van der Waals surface area contributed by atoms with Crippen LogP contribution in [0.1, 0.15) is 6.42 Å².